The highest BCUT2D eigenvalue weighted by molar-refractivity contribution is 5.75. The summed E-state index contributed by atoms with van der Waals surface area (Å²) in [5, 5.41) is 0. The smallest absolute Gasteiger partial charge is 0.112 e. The van der Waals surface area contributed by atoms with Gasteiger partial charge in [0.25, 0.3) is 0 Å². The van der Waals surface area contributed by atoms with Gasteiger partial charge in [-0.1, -0.05) is 103 Å². The van der Waals surface area contributed by atoms with Crippen LogP contribution in [0.2, 0.25) is 0 Å². The topological polar surface area (TPSA) is 12.4 Å². The Hall–Kier alpha value is -3.75. The van der Waals surface area contributed by atoms with Crippen LogP contribution < -0.4 is 0 Å². The summed E-state index contributed by atoms with van der Waals surface area (Å²) < 4.78 is 1.10. The molecular formula is C37H41N2+. The second kappa shape index (κ2) is 12.4. The summed E-state index contributed by atoms with van der Waals surface area (Å²) in [4.78, 5) is 4.17. The number of nitrogens with zero attached hydrogens (tertiary/aromatic N) is 2. The van der Waals surface area contributed by atoms with Crippen LogP contribution in [-0.4, -0.2) is 24.8 Å². The maximum absolute atomic E-state index is 4.17. The minimum absolute atomic E-state index is 0.654. The highest BCUT2D eigenvalue weighted by Crippen LogP contribution is 2.36. The molecule has 4 aliphatic rings. The third-order valence-corrected chi connectivity index (χ3v) is 8.37. The first-order valence-electron chi connectivity index (χ1n) is 14.3. The molecule has 2 nitrogen and oxygen atoms in total. The molecule has 1 unspecified atom stereocenters. The molecule has 8 rings (SSSR count). The van der Waals surface area contributed by atoms with E-state index in [0.717, 1.165) is 23.0 Å². The van der Waals surface area contributed by atoms with E-state index in [1.165, 1.54) is 53.6 Å². The summed E-state index contributed by atoms with van der Waals surface area (Å²) in [6.45, 7) is 3.49. The fourth-order valence-corrected chi connectivity index (χ4v) is 5.80. The van der Waals surface area contributed by atoms with Crippen molar-refractivity contribution in [2.75, 3.05) is 14.1 Å². The van der Waals surface area contributed by atoms with Crippen LogP contribution in [0.1, 0.15) is 58.3 Å². The summed E-state index contributed by atoms with van der Waals surface area (Å²) in [5.74, 6) is 0. The van der Waals surface area contributed by atoms with E-state index in [4.69, 9.17) is 0 Å². The Morgan fingerprint density at radius 1 is 0.641 bits per heavy atom. The highest BCUT2D eigenvalue weighted by atomic mass is 15.3. The monoisotopic (exact) mass is 513 g/mol. The number of rotatable bonds is 0. The maximum Gasteiger partial charge on any atom is 0.112 e. The standard InChI is InChI=1S/C11H16N.C9H10.C9H8.C8H7N/c1-9-11-7-5-4-6-10(11)8-12(9,2)3;2*1-2-5-9-7-3-6-8(9)4-1;1-2-4-8-7(3-1)5-6-9-8/h4-7,9H,8H2,1-3H3;1-2,4-5H,3,6-7H2;1-6H,7H2;1-4,6H,5H2/q+1;;;. The van der Waals surface area contributed by atoms with Crippen LogP contribution in [0.4, 0.5) is 5.69 Å². The van der Waals surface area contributed by atoms with Crippen molar-refractivity contribution in [2.45, 2.75) is 51.6 Å². The van der Waals surface area contributed by atoms with Crippen molar-refractivity contribution in [3.05, 3.63) is 142 Å². The van der Waals surface area contributed by atoms with Crippen LogP contribution in [0.3, 0.4) is 0 Å². The first-order valence-corrected chi connectivity index (χ1v) is 14.3. The number of para-hydroxylation sites is 1. The minimum Gasteiger partial charge on any atom is -0.319 e. The number of benzene rings is 4. The second-order valence-corrected chi connectivity index (χ2v) is 11.4. The zero-order valence-electron chi connectivity index (χ0n) is 23.7. The van der Waals surface area contributed by atoms with Gasteiger partial charge in [0, 0.05) is 23.8 Å². The van der Waals surface area contributed by atoms with Crippen LogP contribution in [0.25, 0.3) is 6.08 Å². The van der Waals surface area contributed by atoms with E-state index in [-0.39, 0.29) is 0 Å². The number of aryl methyl sites for hydroxylation is 2. The third kappa shape index (κ3) is 6.64. The van der Waals surface area contributed by atoms with Gasteiger partial charge in [0.2, 0.25) is 0 Å². The van der Waals surface area contributed by atoms with Crippen LogP contribution in [0, 0.1) is 0 Å². The van der Waals surface area contributed by atoms with Crippen molar-refractivity contribution in [1.29, 1.82) is 0 Å². The Morgan fingerprint density at radius 2 is 1.23 bits per heavy atom. The van der Waals surface area contributed by atoms with Crippen LogP contribution in [-0.2, 0) is 32.2 Å². The molecule has 0 N–H and O–H groups in total. The fraction of sp³-hybridized carbons (Fsp3) is 0.270. The highest BCUT2D eigenvalue weighted by Gasteiger charge is 2.34. The molecule has 0 bridgehead atoms. The molecule has 0 saturated carbocycles. The van der Waals surface area contributed by atoms with Gasteiger partial charge in [0.1, 0.15) is 12.6 Å². The molecule has 1 atom stereocenters. The molecule has 39 heavy (non-hydrogen) atoms. The quantitative estimate of drug-likeness (QED) is 0.209. The second-order valence-electron chi connectivity index (χ2n) is 11.4. The lowest BCUT2D eigenvalue weighted by Gasteiger charge is -2.29. The Bertz CT molecular complexity index is 1370. The Morgan fingerprint density at radius 3 is 1.90 bits per heavy atom. The van der Waals surface area contributed by atoms with Gasteiger partial charge in [-0.2, -0.15) is 0 Å². The Balaban J connectivity index is 0.000000106. The van der Waals surface area contributed by atoms with E-state index >= 15 is 0 Å². The lowest BCUT2D eigenvalue weighted by atomic mass is 10.1. The number of hydrogen-bond acceptors (Lipinski definition) is 1. The van der Waals surface area contributed by atoms with Crippen molar-refractivity contribution in [1.82, 2.24) is 0 Å². The molecule has 2 heterocycles. The van der Waals surface area contributed by atoms with Gasteiger partial charge in [-0.05, 0) is 66.5 Å². The molecule has 0 spiro atoms. The summed E-state index contributed by atoms with van der Waals surface area (Å²) >= 11 is 0. The van der Waals surface area contributed by atoms with Crippen molar-refractivity contribution in [2.24, 2.45) is 4.99 Å². The number of aliphatic imine (C=N–C) groups is 1. The zero-order chi connectivity index (χ0) is 27.1. The van der Waals surface area contributed by atoms with Gasteiger partial charge in [0.15, 0.2) is 0 Å². The lowest BCUT2D eigenvalue weighted by Crippen LogP contribution is -2.35. The van der Waals surface area contributed by atoms with E-state index in [2.05, 4.69) is 117 Å². The van der Waals surface area contributed by atoms with Gasteiger partial charge in [0.05, 0.1) is 19.8 Å². The Labute approximate surface area is 235 Å². The van der Waals surface area contributed by atoms with E-state index in [1.54, 1.807) is 11.1 Å². The van der Waals surface area contributed by atoms with Gasteiger partial charge in [-0.15, -0.1) is 0 Å². The normalized spacial score (nSPS) is 17.8. The molecule has 2 aliphatic heterocycles. The van der Waals surface area contributed by atoms with Crippen molar-refractivity contribution < 1.29 is 4.48 Å². The molecule has 0 amide bonds. The van der Waals surface area contributed by atoms with E-state index < -0.39 is 0 Å². The molecule has 0 fully saturated rings. The van der Waals surface area contributed by atoms with E-state index in [0.29, 0.717) is 6.04 Å². The summed E-state index contributed by atoms with van der Waals surface area (Å²) in [7, 11) is 4.59. The van der Waals surface area contributed by atoms with Crippen molar-refractivity contribution in [3.63, 3.8) is 0 Å². The first-order chi connectivity index (χ1) is 19.0. The van der Waals surface area contributed by atoms with Gasteiger partial charge in [-0.25, -0.2) is 0 Å². The van der Waals surface area contributed by atoms with E-state index in [9.17, 15) is 0 Å². The molecule has 4 aromatic carbocycles. The SMILES string of the molecule is C1=Cc2ccccc2C1.C1=Nc2ccccc2C1.CC1c2ccccc2C[N+]1(C)C.c1ccc2c(c1)CCC2. The van der Waals surface area contributed by atoms with Crippen LogP contribution in [0.5, 0.6) is 0 Å². The summed E-state index contributed by atoms with van der Waals surface area (Å²) in [5.41, 5.74) is 11.5. The largest absolute Gasteiger partial charge is 0.319 e. The molecule has 2 aliphatic carbocycles. The number of allylic oxidation sites excluding steroid dienone is 1. The van der Waals surface area contributed by atoms with Crippen molar-refractivity contribution >= 4 is 18.0 Å². The van der Waals surface area contributed by atoms with Crippen LogP contribution in [0.15, 0.2) is 108 Å². The van der Waals surface area contributed by atoms with E-state index in [1.807, 2.05) is 24.4 Å². The molecule has 198 valence electrons. The maximum atomic E-state index is 4.17. The summed E-state index contributed by atoms with van der Waals surface area (Å²) in [6.07, 6.45) is 12.4. The predicted molar refractivity (Wildman–Crippen MR) is 167 cm³/mol. The predicted octanol–water partition coefficient (Wildman–Crippen LogP) is 8.71. The first kappa shape index (κ1) is 26.8. The Kier molecular flexibility index (Phi) is 8.54. The average molecular weight is 514 g/mol. The molecule has 0 aromatic heterocycles. The van der Waals surface area contributed by atoms with Crippen LogP contribution >= 0.6 is 0 Å². The molecule has 0 saturated heterocycles. The lowest BCUT2D eigenvalue weighted by molar-refractivity contribution is -0.925. The van der Waals surface area contributed by atoms with Crippen molar-refractivity contribution in [3.8, 4) is 0 Å². The number of hydrogen-bond donors (Lipinski definition) is 0. The third-order valence-electron chi connectivity index (χ3n) is 8.37. The number of fused-ring (bicyclic) bond motifs is 4. The summed E-state index contributed by atoms with van der Waals surface area (Å²) in [6, 6.07) is 34.9. The number of quaternary nitrogens is 1. The minimum atomic E-state index is 0.654. The fourth-order valence-electron chi connectivity index (χ4n) is 5.80. The zero-order valence-corrected chi connectivity index (χ0v) is 23.7. The molecular weight excluding hydrogens is 472 g/mol. The molecule has 2 heteroatoms. The van der Waals surface area contributed by atoms with Gasteiger partial charge >= 0.3 is 0 Å². The molecule has 4 aromatic rings. The molecule has 0 radical (unpaired) electrons. The van der Waals surface area contributed by atoms with Gasteiger partial charge < -0.3 is 4.48 Å². The average Bonchev–Trinajstić information content (AvgIpc) is 3.76. The van der Waals surface area contributed by atoms with Gasteiger partial charge in [-0.3, -0.25) is 4.99 Å².